The molecule has 7 heteroatoms. The summed E-state index contributed by atoms with van der Waals surface area (Å²) in [5, 5.41) is 2.74. The number of ether oxygens (including phenoxy) is 1. The van der Waals surface area contributed by atoms with Crippen LogP contribution in [0, 0.1) is 5.92 Å². The van der Waals surface area contributed by atoms with Crippen molar-refractivity contribution in [3.8, 4) is 0 Å². The van der Waals surface area contributed by atoms with Crippen LogP contribution in [0.5, 0.6) is 0 Å². The molecule has 1 atom stereocenters. The molecule has 7 nitrogen and oxygen atoms in total. The predicted octanol–water partition coefficient (Wildman–Crippen LogP) is -1.17. The van der Waals surface area contributed by atoms with Gasteiger partial charge in [-0.1, -0.05) is 0 Å². The maximum Gasteiger partial charge on any atom is 0.239 e. The molecule has 2 aliphatic rings. The van der Waals surface area contributed by atoms with E-state index in [1.54, 1.807) is 16.9 Å². The van der Waals surface area contributed by atoms with E-state index < -0.39 is 0 Å². The van der Waals surface area contributed by atoms with E-state index in [1.807, 2.05) is 0 Å². The number of carbonyl (C=O) groups is 3. The SMILES string of the molecule is COCCN1CC(C(=O)N2CCCNC(=O)C2)CC1=O. The number of hydrogen-bond acceptors (Lipinski definition) is 4. The molecule has 2 fully saturated rings. The number of hydrogen-bond donors (Lipinski definition) is 1. The summed E-state index contributed by atoms with van der Waals surface area (Å²) in [7, 11) is 1.58. The van der Waals surface area contributed by atoms with Crippen LogP contribution in [0.3, 0.4) is 0 Å². The third-order valence-electron chi connectivity index (χ3n) is 3.70. The van der Waals surface area contributed by atoms with Crippen LogP contribution in [0.25, 0.3) is 0 Å². The highest BCUT2D eigenvalue weighted by Gasteiger charge is 2.36. The van der Waals surface area contributed by atoms with E-state index in [9.17, 15) is 14.4 Å². The Kier molecular flexibility index (Phi) is 4.94. The minimum Gasteiger partial charge on any atom is -0.383 e. The first-order valence-corrected chi connectivity index (χ1v) is 6.94. The van der Waals surface area contributed by atoms with Crippen molar-refractivity contribution in [1.29, 1.82) is 0 Å². The lowest BCUT2D eigenvalue weighted by Gasteiger charge is -2.22. The average Bonchev–Trinajstić information content (AvgIpc) is 2.65. The zero-order valence-corrected chi connectivity index (χ0v) is 11.8. The highest BCUT2D eigenvalue weighted by atomic mass is 16.5. The van der Waals surface area contributed by atoms with Gasteiger partial charge in [0.05, 0.1) is 19.1 Å². The number of carbonyl (C=O) groups excluding carboxylic acids is 3. The van der Waals surface area contributed by atoms with Gasteiger partial charge < -0.3 is 19.9 Å². The van der Waals surface area contributed by atoms with E-state index in [4.69, 9.17) is 4.74 Å². The smallest absolute Gasteiger partial charge is 0.239 e. The van der Waals surface area contributed by atoms with Crippen LogP contribution in [-0.4, -0.2) is 74.0 Å². The Morgan fingerprint density at radius 2 is 2.25 bits per heavy atom. The molecule has 2 aliphatic heterocycles. The molecular weight excluding hydrogens is 262 g/mol. The second kappa shape index (κ2) is 6.69. The maximum atomic E-state index is 12.4. The molecule has 3 amide bonds. The third-order valence-corrected chi connectivity index (χ3v) is 3.70. The number of likely N-dealkylation sites (tertiary alicyclic amines) is 1. The van der Waals surface area contributed by atoms with Crippen molar-refractivity contribution >= 4 is 17.7 Å². The van der Waals surface area contributed by atoms with Gasteiger partial charge in [-0.3, -0.25) is 14.4 Å². The van der Waals surface area contributed by atoms with Crippen molar-refractivity contribution in [3.63, 3.8) is 0 Å². The number of methoxy groups -OCH3 is 1. The fourth-order valence-electron chi connectivity index (χ4n) is 2.61. The minimum absolute atomic E-state index is 0.0142. The third kappa shape index (κ3) is 3.47. The van der Waals surface area contributed by atoms with Crippen LogP contribution in [0.4, 0.5) is 0 Å². The molecule has 0 radical (unpaired) electrons. The van der Waals surface area contributed by atoms with Gasteiger partial charge in [-0.25, -0.2) is 0 Å². The first kappa shape index (κ1) is 14.8. The lowest BCUT2D eigenvalue weighted by atomic mass is 10.1. The molecule has 2 rings (SSSR count). The summed E-state index contributed by atoms with van der Waals surface area (Å²) in [4.78, 5) is 38.9. The zero-order valence-electron chi connectivity index (χ0n) is 11.8. The summed E-state index contributed by atoms with van der Waals surface area (Å²) in [6.07, 6.45) is 0.992. The molecule has 0 spiro atoms. The van der Waals surface area contributed by atoms with E-state index in [1.165, 1.54) is 0 Å². The second-order valence-corrected chi connectivity index (χ2v) is 5.20. The van der Waals surface area contributed by atoms with Crippen LogP contribution in [0.2, 0.25) is 0 Å². The van der Waals surface area contributed by atoms with Gasteiger partial charge in [-0.15, -0.1) is 0 Å². The Labute approximate surface area is 118 Å². The van der Waals surface area contributed by atoms with Gasteiger partial charge in [-0.05, 0) is 6.42 Å². The summed E-state index contributed by atoms with van der Waals surface area (Å²) in [6, 6.07) is 0. The van der Waals surface area contributed by atoms with Gasteiger partial charge in [0, 0.05) is 39.7 Å². The predicted molar refractivity (Wildman–Crippen MR) is 70.8 cm³/mol. The summed E-state index contributed by atoms with van der Waals surface area (Å²) in [5.41, 5.74) is 0. The number of amides is 3. The average molecular weight is 283 g/mol. The van der Waals surface area contributed by atoms with Gasteiger partial charge >= 0.3 is 0 Å². The van der Waals surface area contributed by atoms with Crippen molar-refractivity contribution in [3.05, 3.63) is 0 Å². The van der Waals surface area contributed by atoms with Crippen LogP contribution >= 0.6 is 0 Å². The Morgan fingerprint density at radius 1 is 1.45 bits per heavy atom. The largest absolute Gasteiger partial charge is 0.383 e. The molecule has 2 heterocycles. The van der Waals surface area contributed by atoms with E-state index in [2.05, 4.69) is 5.32 Å². The van der Waals surface area contributed by atoms with Crippen LogP contribution < -0.4 is 5.32 Å². The highest BCUT2D eigenvalue weighted by molar-refractivity contribution is 5.91. The molecule has 112 valence electrons. The number of nitrogens with one attached hydrogen (secondary N) is 1. The van der Waals surface area contributed by atoms with E-state index >= 15 is 0 Å². The van der Waals surface area contributed by atoms with Gasteiger partial charge in [-0.2, -0.15) is 0 Å². The molecule has 0 aromatic carbocycles. The maximum absolute atomic E-state index is 12.4. The number of nitrogens with zero attached hydrogens (tertiary/aromatic N) is 2. The Balaban J connectivity index is 1.92. The molecule has 1 unspecified atom stereocenters. The topological polar surface area (TPSA) is 79.0 Å². The summed E-state index contributed by atoms with van der Waals surface area (Å²) in [5.74, 6) is -0.559. The van der Waals surface area contributed by atoms with Crippen molar-refractivity contribution in [2.24, 2.45) is 5.92 Å². The highest BCUT2D eigenvalue weighted by Crippen LogP contribution is 2.20. The van der Waals surface area contributed by atoms with Crippen LogP contribution in [0.15, 0.2) is 0 Å². The number of rotatable bonds is 4. The standard InChI is InChI=1S/C13H21N3O4/c1-20-6-5-15-8-10(7-12(15)18)13(19)16-4-2-3-14-11(17)9-16/h10H,2-9H2,1H3,(H,14,17). The Morgan fingerprint density at radius 3 is 3.00 bits per heavy atom. The fraction of sp³-hybridized carbons (Fsp3) is 0.769. The normalized spacial score (nSPS) is 23.8. The van der Waals surface area contributed by atoms with E-state index in [0.717, 1.165) is 6.42 Å². The van der Waals surface area contributed by atoms with Crippen LogP contribution in [0.1, 0.15) is 12.8 Å². The summed E-state index contributed by atoms with van der Waals surface area (Å²) in [6.45, 7) is 2.69. The van der Waals surface area contributed by atoms with Crippen molar-refractivity contribution < 1.29 is 19.1 Å². The summed E-state index contributed by atoms with van der Waals surface area (Å²) < 4.78 is 4.95. The molecular formula is C13H21N3O4. The van der Waals surface area contributed by atoms with Crippen molar-refractivity contribution in [2.75, 3.05) is 46.4 Å². The first-order valence-electron chi connectivity index (χ1n) is 6.94. The van der Waals surface area contributed by atoms with E-state index in [-0.39, 0.29) is 36.6 Å². The molecule has 0 aromatic rings. The van der Waals surface area contributed by atoms with Crippen molar-refractivity contribution in [2.45, 2.75) is 12.8 Å². The Bertz CT molecular complexity index is 399. The minimum atomic E-state index is -0.328. The fourth-order valence-corrected chi connectivity index (χ4v) is 2.61. The van der Waals surface area contributed by atoms with Crippen LogP contribution in [-0.2, 0) is 19.1 Å². The quantitative estimate of drug-likeness (QED) is 0.705. The van der Waals surface area contributed by atoms with Gasteiger partial charge in [0.25, 0.3) is 0 Å². The molecule has 0 bridgehead atoms. The second-order valence-electron chi connectivity index (χ2n) is 5.20. The first-order chi connectivity index (χ1) is 9.61. The van der Waals surface area contributed by atoms with Crippen molar-refractivity contribution in [1.82, 2.24) is 15.1 Å². The van der Waals surface area contributed by atoms with Gasteiger partial charge in [0.2, 0.25) is 17.7 Å². The van der Waals surface area contributed by atoms with Gasteiger partial charge in [0.15, 0.2) is 0 Å². The monoisotopic (exact) mass is 283 g/mol. The Hall–Kier alpha value is -1.63. The van der Waals surface area contributed by atoms with E-state index in [0.29, 0.717) is 32.8 Å². The lowest BCUT2D eigenvalue weighted by Crippen LogP contribution is -2.41. The molecule has 1 N–H and O–H groups in total. The molecule has 2 saturated heterocycles. The lowest BCUT2D eigenvalue weighted by molar-refractivity contribution is -0.138. The molecule has 0 saturated carbocycles. The molecule has 0 aliphatic carbocycles. The molecule has 20 heavy (non-hydrogen) atoms. The zero-order chi connectivity index (χ0) is 14.5. The summed E-state index contributed by atoms with van der Waals surface area (Å²) >= 11 is 0. The van der Waals surface area contributed by atoms with Gasteiger partial charge in [0.1, 0.15) is 0 Å². The molecule has 0 aromatic heterocycles.